The number of carbonyl (C=O) groups excluding carboxylic acids is 1. The van der Waals surface area contributed by atoms with Crippen molar-refractivity contribution in [3.05, 3.63) is 30.1 Å². The molecule has 3 nitrogen and oxygen atoms in total. The molecule has 0 bridgehead atoms. The third-order valence-electron chi connectivity index (χ3n) is 3.35. The smallest absolute Gasteiger partial charge is 0.247 e. The third-order valence-corrected chi connectivity index (χ3v) is 3.35. The Balaban J connectivity index is 2.27. The molecule has 0 atom stereocenters. The molecule has 1 aromatic rings. The Morgan fingerprint density at radius 1 is 1.47 bits per heavy atom. The van der Waals surface area contributed by atoms with Crippen LogP contribution in [0.2, 0.25) is 0 Å². The first-order valence-corrected chi connectivity index (χ1v) is 5.55. The molecule has 0 radical (unpaired) electrons. The van der Waals surface area contributed by atoms with Gasteiger partial charge in [0.05, 0.1) is 11.8 Å². The number of para-hydroxylation sites is 1. The third kappa shape index (κ3) is 1.78. The van der Waals surface area contributed by atoms with Crippen LogP contribution in [0.3, 0.4) is 0 Å². The van der Waals surface area contributed by atoms with Crippen LogP contribution < -0.4 is 4.90 Å². The zero-order valence-corrected chi connectivity index (χ0v) is 9.61. The van der Waals surface area contributed by atoms with E-state index in [0.717, 1.165) is 6.42 Å². The molecule has 1 aliphatic rings. The maximum absolute atomic E-state index is 13.5. The Labute approximate surface area is 99.5 Å². The fourth-order valence-corrected chi connectivity index (χ4v) is 2.06. The highest BCUT2D eigenvalue weighted by atomic mass is 19.1. The number of nitrogens with zero attached hydrogens (tertiary/aromatic N) is 2. The van der Waals surface area contributed by atoms with E-state index in [1.54, 1.807) is 12.1 Å². The highest BCUT2D eigenvalue weighted by Crippen LogP contribution is 2.42. The van der Waals surface area contributed by atoms with E-state index in [1.807, 2.05) is 0 Å². The number of anilines is 1. The molecule has 1 aliphatic carbocycles. The van der Waals surface area contributed by atoms with Gasteiger partial charge < -0.3 is 4.90 Å². The van der Waals surface area contributed by atoms with Crippen molar-refractivity contribution in [2.75, 3.05) is 11.9 Å². The van der Waals surface area contributed by atoms with Crippen molar-refractivity contribution in [1.29, 1.82) is 5.26 Å². The van der Waals surface area contributed by atoms with Gasteiger partial charge in [0.2, 0.25) is 5.91 Å². The molecule has 0 saturated heterocycles. The van der Waals surface area contributed by atoms with Gasteiger partial charge in [-0.1, -0.05) is 12.1 Å². The maximum Gasteiger partial charge on any atom is 0.247 e. The minimum absolute atomic E-state index is 0.221. The van der Waals surface area contributed by atoms with Crippen molar-refractivity contribution in [3.63, 3.8) is 0 Å². The lowest BCUT2D eigenvalue weighted by Gasteiger charge is -2.36. The summed E-state index contributed by atoms with van der Waals surface area (Å²) in [4.78, 5) is 13.4. The molecule has 0 aliphatic heterocycles. The summed E-state index contributed by atoms with van der Waals surface area (Å²) in [6.07, 6.45) is 2.02. The Bertz CT molecular complexity index is 488. The molecule has 17 heavy (non-hydrogen) atoms. The van der Waals surface area contributed by atoms with Crippen molar-refractivity contribution in [3.8, 4) is 6.07 Å². The lowest BCUT2D eigenvalue weighted by molar-refractivity contribution is -0.128. The molecule has 1 amide bonds. The van der Waals surface area contributed by atoms with Crippen molar-refractivity contribution < 1.29 is 9.18 Å². The predicted octanol–water partition coefficient (Wildman–Crippen LogP) is 2.48. The number of carbonyl (C=O) groups is 1. The topological polar surface area (TPSA) is 44.1 Å². The average molecular weight is 232 g/mol. The second kappa shape index (κ2) is 4.17. The Hall–Kier alpha value is -1.89. The Morgan fingerprint density at radius 3 is 2.59 bits per heavy atom. The normalized spacial score (nSPS) is 16.8. The quantitative estimate of drug-likeness (QED) is 0.786. The SMILES string of the molecule is CN(C(=O)C1(C#N)CCC1)c1ccccc1F. The number of hydrogen-bond donors (Lipinski definition) is 0. The molecule has 4 heteroatoms. The second-order valence-electron chi connectivity index (χ2n) is 4.36. The molecule has 1 saturated carbocycles. The highest BCUT2D eigenvalue weighted by Gasteiger charge is 2.46. The zero-order valence-electron chi connectivity index (χ0n) is 9.61. The standard InChI is InChI=1S/C13H13FN2O/c1-16(11-6-3-2-5-10(11)14)12(17)13(9-15)7-4-8-13/h2-3,5-6H,4,7-8H2,1H3. The van der Waals surface area contributed by atoms with Crippen LogP contribution in [-0.4, -0.2) is 13.0 Å². The van der Waals surface area contributed by atoms with E-state index in [-0.39, 0.29) is 11.6 Å². The van der Waals surface area contributed by atoms with Crippen molar-refractivity contribution in [2.24, 2.45) is 5.41 Å². The highest BCUT2D eigenvalue weighted by molar-refractivity contribution is 5.99. The van der Waals surface area contributed by atoms with Crippen molar-refractivity contribution >= 4 is 11.6 Å². The first-order chi connectivity index (χ1) is 8.10. The van der Waals surface area contributed by atoms with E-state index in [0.29, 0.717) is 12.8 Å². The van der Waals surface area contributed by atoms with E-state index in [4.69, 9.17) is 5.26 Å². The van der Waals surface area contributed by atoms with Crippen molar-refractivity contribution in [1.82, 2.24) is 0 Å². The fraction of sp³-hybridized carbons (Fsp3) is 0.385. The van der Waals surface area contributed by atoms with Gasteiger partial charge in [-0.05, 0) is 31.4 Å². The van der Waals surface area contributed by atoms with E-state index in [2.05, 4.69) is 6.07 Å². The summed E-state index contributed by atoms with van der Waals surface area (Å²) in [5, 5.41) is 9.08. The number of rotatable bonds is 2. The monoisotopic (exact) mass is 232 g/mol. The van der Waals surface area contributed by atoms with Gasteiger partial charge >= 0.3 is 0 Å². The summed E-state index contributed by atoms with van der Waals surface area (Å²) in [5.41, 5.74) is -0.712. The van der Waals surface area contributed by atoms with Gasteiger partial charge in [0.1, 0.15) is 11.2 Å². The largest absolute Gasteiger partial charge is 0.311 e. The van der Waals surface area contributed by atoms with Gasteiger partial charge in [-0.15, -0.1) is 0 Å². The number of halogens is 1. The van der Waals surface area contributed by atoms with Crippen LogP contribution in [0, 0.1) is 22.6 Å². The summed E-state index contributed by atoms with van der Waals surface area (Å²) in [5.74, 6) is -0.757. The second-order valence-corrected chi connectivity index (χ2v) is 4.36. The molecule has 2 rings (SSSR count). The molecule has 0 heterocycles. The molecular formula is C13H13FN2O. The summed E-state index contributed by atoms with van der Waals surface area (Å²) in [6.45, 7) is 0. The number of amides is 1. The van der Waals surface area contributed by atoms with Gasteiger partial charge in [-0.25, -0.2) is 4.39 Å². The van der Waals surface area contributed by atoms with E-state index in [9.17, 15) is 9.18 Å². The predicted molar refractivity (Wildman–Crippen MR) is 61.7 cm³/mol. The van der Waals surface area contributed by atoms with Crippen LogP contribution >= 0.6 is 0 Å². The van der Waals surface area contributed by atoms with Gasteiger partial charge in [0.15, 0.2) is 0 Å². The summed E-state index contributed by atoms with van der Waals surface area (Å²) in [7, 11) is 1.51. The van der Waals surface area contributed by atoms with E-state index < -0.39 is 11.2 Å². The molecule has 0 N–H and O–H groups in total. The molecule has 1 fully saturated rings. The molecule has 0 aromatic heterocycles. The summed E-state index contributed by atoms with van der Waals surface area (Å²) < 4.78 is 13.5. The Kier molecular flexibility index (Phi) is 2.84. The summed E-state index contributed by atoms with van der Waals surface area (Å²) in [6, 6.07) is 8.15. The summed E-state index contributed by atoms with van der Waals surface area (Å²) >= 11 is 0. The van der Waals surface area contributed by atoms with E-state index in [1.165, 1.54) is 24.1 Å². The van der Waals surface area contributed by atoms with Gasteiger partial charge in [-0.2, -0.15) is 5.26 Å². The molecule has 88 valence electrons. The maximum atomic E-state index is 13.5. The zero-order chi connectivity index (χ0) is 12.5. The lowest BCUT2D eigenvalue weighted by atomic mass is 9.69. The first kappa shape index (κ1) is 11.6. The van der Waals surface area contributed by atoms with Gasteiger partial charge in [-0.3, -0.25) is 4.79 Å². The number of benzene rings is 1. The Morgan fingerprint density at radius 2 is 2.12 bits per heavy atom. The molecule has 0 spiro atoms. The first-order valence-electron chi connectivity index (χ1n) is 5.55. The van der Waals surface area contributed by atoms with Crippen LogP contribution in [0.25, 0.3) is 0 Å². The van der Waals surface area contributed by atoms with E-state index >= 15 is 0 Å². The van der Waals surface area contributed by atoms with Crippen molar-refractivity contribution in [2.45, 2.75) is 19.3 Å². The minimum atomic E-state index is -0.934. The number of hydrogen-bond acceptors (Lipinski definition) is 2. The minimum Gasteiger partial charge on any atom is -0.311 e. The molecule has 0 unspecified atom stereocenters. The molecule has 1 aromatic carbocycles. The van der Waals surface area contributed by atoms with Crippen LogP contribution in [-0.2, 0) is 4.79 Å². The fourth-order valence-electron chi connectivity index (χ4n) is 2.06. The molecular weight excluding hydrogens is 219 g/mol. The van der Waals surface area contributed by atoms with Crippen LogP contribution in [0.15, 0.2) is 24.3 Å². The average Bonchev–Trinajstić information content (AvgIpc) is 2.28. The van der Waals surface area contributed by atoms with Gasteiger partial charge in [0.25, 0.3) is 0 Å². The van der Waals surface area contributed by atoms with Crippen LogP contribution in [0.1, 0.15) is 19.3 Å². The lowest BCUT2D eigenvalue weighted by Crippen LogP contribution is -2.45. The van der Waals surface area contributed by atoms with Crippen LogP contribution in [0.5, 0.6) is 0 Å². The van der Waals surface area contributed by atoms with Gasteiger partial charge in [0, 0.05) is 7.05 Å². The number of nitriles is 1. The van der Waals surface area contributed by atoms with Crippen LogP contribution in [0.4, 0.5) is 10.1 Å².